The minimum absolute atomic E-state index is 0.607. The fraction of sp³-hybridized carbons (Fsp3) is 0.385. The van der Waals surface area contributed by atoms with Crippen molar-refractivity contribution in [1.29, 1.82) is 0 Å². The van der Waals surface area contributed by atoms with E-state index in [1.807, 2.05) is 25.2 Å². The molecule has 2 aromatic heterocycles. The number of hydrogen-bond acceptors (Lipinski definition) is 6. The van der Waals surface area contributed by atoms with Crippen molar-refractivity contribution in [1.82, 2.24) is 9.97 Å². The van der Waals surface area contributed by atoms with Gasteiger partial charge in [0.05, 0.1) is 12.8 Å². The number of anilines is 2. The maximum absolute atomic E-state index is 5.50. The van der Waals surface area contributed by atoms with Crippen molar-refractivity contribution < 1.29 is 4.42 Å². The average Bonchev–Trinajstić information content (AvgIpc) is 2.96. The molecule has 0 unspecified atom stereocenters. The molecule has 0 aliphatic rings. The quantitative estimate of drug-likeness (QED) is 0.785. The minimum atomic E-state index is 0.607. The predicted molar refractivity (Wildman–Crippen MR) is 75.0 cm³/mol. The molecule has 0 saturated heterocycles. The first-order valence-electron chi connectivity index (χ1n) is 6.29. The molecule has 2 aromatic rings. The van der Waals surface area contributed by atoms with Gasteiger partial charge in [0.2, 0.25) is 0 Å². The summed E-state index contributed by atoms with van der Waals surface area (Å²) in [6, 6.07) is 5.70. The highest BCUT2D eigenvalue weighted by Gasteiger charge is 2.04. The summed E-state index contributed by atoms with van der Waals surface area (Å²) >= 11 is 0. The Kier molecular flexibility index (Phi) is 4.74. The van der Waals surface area contributed by atoms with Crippen LogP contribution < -0.4 is 16.0 Å². The fourth-order valence-corrected chi connectivity index (χ4v) is 1.69. The normalized spacial score (nSPS) is 10.4. The van der Waals surface area contributed by atoms with Crippen molar-refractivity contribution in [2.45, 2.75) is 13.0 Å². The van der Waals surface area contributed by atoms with Crippen molar-refractivity contribution >= 4 is 11.6 Å². The van der Waals surface area contributed by atoms with Crippen molar-refractivity contribution in [2.75, 3.05) is 30.4 Å². The number of aromatic nitrogens is 2. The highest BCUT2D eigenvalue weighted by Crippen LogP contribution is 2.13. The summed E-state index contributed by atoms with van der Waals surface area (Å²) in [5, 5.41) is 3.20. The molecule has 0 aliphatic heterocycles. The Hall–Kier alpha value is -2.08. The Morgan fingerprint density at radius 2 is 2.32 bits per heavy atom. The number of furan rings is 1. The summed E-state index contributed by atoms with van der Waals surface area (Å²) < 4.78 is 5.26. The van der Waals surface area contributed by atoms with Crippen LogP contribution in [0.1, 0.15) is 12.2 Å². The summed E-state index contributed by atoms with van der Waals surface area (Å²) in [7, 11) is 1.99. The number of nitrogens with one attached hydrogen (secondary N) is 1. The van der Waals surface area contributed by atoms with Crippen LogP contribution in [-0.4, -0.2) is 30.1 Å². The van der Waals surface area contributed by atoms with Crippen LogP contribution in [0.15, 0.2) is 35.2 Å². The van der Waals surface area contributed by atoms with E-state index >= 15 is 0 Å². The summed E-state index contributed by atoms with van der Waals surface area (Å²) in [5.41, 5.74) is 5.50. The molecule has 0 amide bonds. The van der Waals surface area contributed by atoms with Gasteiger partial charge in [0.15, 0.2) is 0 Å². The SMILES string of the molecule is CN(CCCN)c1cc(NCc2ccco2)ncn1. The van der Waals surface area contributed by atoms with Crippen LogP contribution in [-0.2, 0) is 6.54 Å². The van der Waals surface area contributed by atoms with Crippen LogP contribution in [0.5, 0.6) is 0 Å². The zero-order chi connectivity index (χ0) is 13.5. The van der Waals surface area contributed by atoms with Crippen LogP contribution in [0.3, 0.4) is 0 Å². The Balaban J connectivity index is 1.94. The lowest BCUT2D eigenvalue weighted by Gasteiger charge is -2.17. The maximum Gasteiger partial charge on any atom is 0.133 e. The van der Waals surface area contributed by atoms with Crippen LogP contribution in [0, 0.1) is 0 Å². The first kappa shape index (κ1) is 13.4. The van der Waals surface area contributed by atoms with Gasteiger partial charge in [0.1, 0.15) is 23.7 Å². The molecular weight excluding hydrogens is 242 g/mol. The van der Waals surface area contributed by atoms with Gasteiger partial charge in [-0.3, -0.25) is 0 Å². The first-order chi connectivity index (χ1) is 9.29. The third-order valence-electron chi connectivity index (χ3n) is 2.77. The Labute approximate surface area is 112 Å². The number of nitrogens with two attached hydrogens (primary N) is 1. The highest BCUT2D eigenvalue weighted by atomic mass is 16.3. The summed E-state index contributed by atoms with van der Waals surface area (Å²) in [6.07, 6.45) is 4.15. The van der Waals surface area contributed by atoms with Gasteiger partial charge in [0.25, 0.3) is 0 Å². The second-order valence-corrected chi connectivity index (χ2v) is 4.26. The van der Waals surface area contributed by atoms with E-state index in [4.69, 9.17) is 10.2 Å². The van der Waals surface area contributed by atoms with Crippen molar-refractivity contribution in [2.24, 2.45) is 5.73 Å². The summed E-state index contributed by atoms with van der Waals surface area (Å²) in [6.45, 7) is 2.17. The van der Waals surface area contributed by atoms with E-state index in [2.05, 4.69) is 20.2 Å². The number of hydrogen-bond donors (Lipinski definition) is 2. The molecule has 3 N–H and O–H groups in total. The molecule has 0 saturated carbocycles. The van der Waals surface area contributed by atoms with Crippen molar-refractivity contribution in [3.63, 3.8) is 0 Å². The first-order valence-corrected chi connectivity index (χ1v) is 6.29. The average molecular weight is 261 g/mol. The van der Waals surface area contributed by atoms with E-state index in [1.54, 1.807) is 12.6 Å². The zero-order valence-electron chi connectivity index (χ0n) is 11.0. The second-order valence-electron chi connectivity index (χ2n) is 4.26. The highest BCUT2D eigenvalue weighted by molar-refractivity contribution is 5.47. The van der Waals surface area contributed by atoms with Gasteiger partial charge >= 0.3 is 0 Å². The monoisotopic (exact) mass is 261 g/mol. The van der Waals surface area contributed by atoms with E-state index in [0.29, 0.717) is 13.1 Å². The molecule has 6 heteroatoms. The second kappa shape index (κ2) is 6.75. The molecule has 0 aromatic carbocycles. The van der Waals surface area contributed by atoms with Crippen LogP contribution in [0.25, 0.3) is 0 Å². The number of rotatable bonds is 7. The third kappa shape index (κ3) is 3.96. The van der Waals surface area contributed by atoms with Gasteiger partial charge in [-0.15, -0.1) is 0 Å². The van der Waals surface area contributed by atoms with Gasteiger partial charge in [-0.25, -0.2) is 9.97 Å². The fourth-order valence-electron chi connectivity index (χ4n) is 1.69. The maximum atomic E-state index is 5.50. The molecule has 2 heterocycles. The third-order valence-corrected chi connectivity index (χ3v) is 2.77. The van der Waals surface area contributed by atoms with E-state index in [-0.39, 0.29) is 0 Å². The van der Waals surface area contributed by atoms with E-state index < -0.39 is 0 Å². The zero-order valence-corrected chi connectivity index (χ0v) is 11.0. The number of nitrogens with zero attached hydrogens (tertiary/aromatic N) is 3. The lowest BCUT2D eigenvalue weighted by molar-refractivity contribution is 0.518. The molecule has 0 fully saturated rings. The van der Waals surface area contributed by atoms with E-state index in [9.17, 15) is 0 Å². The molecule has 0 bridgehead atoms. The molecule has 102 valence electrons. The molecule has 0 radical (unpaired) electrons. The smallest absolute Gasteiger partial charge is 0.133 e. The molecule has 0 atom stereocenters. The van der Waals surface area contributed by atoms with Gasteiger partial charge in [-0.1, -0.05) is 0 Å². The van der Waals surface area contributed by atoms with Crippen molar-refractivity contribution in [3.05, 3.63) is 36.5 Å². The van der Waals surface area contributed by atoms with Crippen LogP contribution in [0.2, 0.25) is 0 Å². The largest absolute Gasteiger partial charge is 0.467 e. The van der Waals surface area contributed by atoms with E-state index in [0.717, 1.165) is 30.4 Å². The Morgan fingerprint density at radius 1 is 1.42 bits per heavy atom. The lowest BCUT2D eigenvalue weighted by Crippen LogP contribution is -2.22. The van der Waals surface area contributed by atoms with Crippen molar-refractivity contribution in [3.8, 4) is 0 Å². The Bertz CT molecular complexity index is 486. The molecule has 2 rings (SSSR count). The summed E-state index contributed by atoms with van der Waals surface area (Å²) in [4.78, 5) is 10.5. The summed E-state index contributed by atoms with van der Waals surface area (Å²) in [5.74, 6) is 2.53. The van der Waals surface area contributed by atoms with Gasteiger partial charge in [0, 0.05) is 19.7 Å². The molecule has 0 aliphatic carbocycles. The lowest BCUT2D eigenvalue weighted by atomic mass is 10.4. The topological polar surface area (TPSA) is 80.2 Å². The molecular formula is C13H19N5O. The van der Waals surface area contributed by atoms with Gasteiger partial charge < -0.3 is 20.4 Å². The van der Waals surface area contributed by atoms with E-state index in [1.165, 1.54) is 0 Å². The standard InChI is InChI=1S/C13H19N5O/c1-18(6-3-5-14)13-8-12(16-10-17-13)15-9-11-4-2-7-19-11/h2,4,7-8,10H,3,5-6,9,14H2,1H3,(H,15,16,17). The Morgan fingerprint density at radius 3 is 3.05 bits per heavy atom. The minimum Gasteiger partial charge on any atom is -0.467 e. The van der Waals surface area contributed by atoms with Crippen LogP contribution in [0.4, 0.5) is 11.6 Å². The molecule has 6 nitrogen and oxygen atoms in total. The van der Waals surface area contributed by atoms with Gasteiger partial charge in [-0.2, -0.15) is 0 Å². The molecule has 0 spiro atoms. The molecule has 19 heavy (non-hydrogen) atoms. The van der Waals surface area contributed by atoms with Gasteiger partial charge in [-0.05, 0) is 25.1 Å². The van der Waals surface area contributed by atoms with Crippen LogP contribution >= 0.6 is 0 Å². The predicted octanol–water partition coefficient (Wildman–Crippen LogP) is 1.47.